The number of aliphatic hydroxyl groups is 4. The van der Waals surface area contributed by atoms with E-state index >= 15 is 0 Å². The largest absolute Gasteiger partial charge is 0.488 e. The predicted molar refractivity (Wildman–Crippen MR) is 386 cm³/mol. The zero-order valence-electron chi connectivity index (χ0n) is 58.1. The maximum absolute atomic E-state index is 12.9. The fourth-order valence-corrected chi connectivity index (χ4v) is 13.0. The molecule has 0 saturated carbocycles. The van der Waals surface area contributed by atoms with Gasteiger partial charge < -0.3 is 78.8 Å². The van der Waals surface area contributed by atoms with Gasteiger partial charge in [0.1, 0.15) is 75.9 Å². The van der Waals surface area contributed by atoms with Gasteiger partial charge in [-0.3, -0.25) is 29.4 Å². The number of amides is 2. The maximum Gasteiger partial charge on any atom is 0.331 e. The Hall–Kier alpha value is -9.76. The Balaban J connectivity index is 0.000000208. The third-order valence-electron chi connectivity index (χ3n) is 18.2. The Morgan fingerprint density at radius 1 is 0.567 bits per heavy atom. The van der Waals surface area contributed by atoms with Crippen molar-refractivity contribution in [3.8, 4) is 68.2 Å². The van der Waals surface area contributed by atoms with Crippen LogP contribution in [0, 0.1) is 13.8 Å². The number of carbonyl (C=O) groups excluding carboxylic acids is 3. The SMILES string of the molecule is CCOC(=O)[C@H](CO)NC(=O)c1cncc(COc2cc(OCc3cccc(-c4ccc5c(c4)OCCO5)c3C)c(Cl)cc2CN2CC[C@H](O)C2)c1.CC[C@H](O)C(NC(=O)c1cncc(COc2cc(OCc3cccc(-c4ccc5c(c4)OCCO5)c3C)c(Cl)cc2CN2CC[C@H](O)C2)c1)C(=O)O. The molecule has 5 atom stereocenters. The van der Waals surface area contributed by atoms with Crippen LogP contribution in [0.25, 0.3) is 22.3 Å². The highest BCUT2D eigenvalue weighted by Crippen LogP contribution is 2.41. The van der Waals surface area contributed by atoms with Crippen LogP contribution >= 0.6 is 23.2 Å². The van der Waals surface area contributed by atoms with Gasteiger partial charge in [0.05, 0.1) is 52.7 Å². The fraction of sp³-hybridized carbons (Fsp3) is 0.359. The molecule has 2 amide bonds. The number of β-amino-alcohol motifs (C(OH)–C–C–N with tert-alkyl or cyclic N) is 2. The number of carbonyl (C=O) groups is 4. The summed E-state index contributed by atoms with van der Waals surface area (Å²) in [6, 6.07) is 31.6. The minimum atomic E-state index is -1.46. The Morgan fingerprint density at radius 3 is 1.44 bits per heavy atom. The van der Waals surface area contributed by atoms with Crippen molar-refractivity contribution in [2.45, 2.75) is 117 Å². The average molecular weight is 1460 g/mol. The Labute approximate surface area is 612 Å². The minimum absolute atomic E-state index is 0.0292. The number of pyridine rings is 2. The van der Waals surface area contributed by atoms with Crippen LogP contribution in [0.2, 0.25) is 10.0 Å². The molecular weight excluding hydrogens is 1380 g/mol. The summed E-state index contributed by atoms with van der Waals surface area (Å²) in [4.78, 5) is 62.1. The molecule has 4 aliphatic rings. The van der Waals surface area contributed by atoms with Crippen molar-refractivity contribution in [1.29, 1.82) is 0 Å². The highest BCUT2D eigenvalue weighted by molar-refractivity contribution is 6.32. The number of hydrogen-bond acceptors (Lipinski definition) is 21. The molecule has 0 radical (unpaired) electrons. The molecule has 6 heterocycles. The summed E-state index contributed by atoms with van der Waals surface area (Å²) in [6.45, 7) is 13.0. The molecule has 12 rings (SSSR count). The highest BCUT2D eigenvalue weighted by atomic mass is 35.5. The van der Waals surface area contributed by atoms with E-state index in [2.05, 4.69) is 49.5 Å². The van der Waals surface area contributed by atoms with E-state index < -0.39 is 60.8 Å². The third kappa shape index (κ3) is 19.3. The number of aliphatic hydroxyl groups excluding tert-OH is 4. The molecule has 2 fully saturated rings. The number of nitrogens with one attached hydrogen (secondary N) is 2. The fourth-order valence-electron chi connectivity index (χ4n) is 12.5. The second kappa shape index (κ2) is 35.6. The van der Waals surface area contributed by atoms with Gasteiger partial charge >= 0.3 is 11.9 Å². The molecule has 7 N–H and O–H groups in total. The van der Waals surface area contributed by atoms with Crippen LogP contribution in [0.3, 0.4) is 0 Å². The first-order chi connectivity index (χ1) is 50.3. The molecule has 104 heavy (non-hydrogen) atoms. The smallest absolute Gasteiger partial charge is 0.331 e. The number of halogens is 2. The topological polar surface area (TPSA) is 309 Å². The van der Waals surface area contributed by atoms with Crippen molar-refractivity contribution in [3.05, 3.63) is 200 Å². The molecule has 1 unspecified atom stereocenters. The molecule has 26 heteroatoms. The number of aliphatic carboxylic acids is 1. The van der Waals surface area contributed by atoms with E-state index in [-0.39, 0.29) is 50.6 Å². The Morgan fingerprint density at radius 2 is 1.02 bits per heavy atom. The lowest BCUT2D eigenvalue weighted by atomic mass is 9.96. The van der Waals surface area contributed by atoms with E-state index in [0.717, 1.165) is 91.7 Å². The number of nitrogens with zero attached hydrogens (tertiary/aromatic N) is 4. The first-order valence-corrected chi connectivity index (χ1v) is 35.2. The molecule has 0 spiro atoms. The van der Waals surface area contributed by atoms with Crippen molar-refractivity contribution in [1.82, 2.24) is 30.4 Å². The molecule has 0 bridgehead atoms. The monoisotopic (exact) mass is 1460 g/mol. The molecule has 4 aliphatic heterocycles. The summed E-state index contributed by atoms with van der Waals surface area (Å²) < 4.78 is 53.2. The van der Waals surface area contributed by atoms with Crippen LogP contribution in [0.5, 0.6) is 46.0 Å². The lowest BCUT2D eigenvalue weighted by Crippen LogP contribution is -2.48. The van der Waals surface area contributed by atoms with Crippen molar-refractivity contribution in [2.75, 3.05) is 65.8 Å². The molecule has 8 aromatic rings. The number of rotatable bonds is 28. The van der Waals surface area contributed by atoms with Gasteiger partial charge in [-0.2, -0.15) is 0 Å². The summed E-state index contributed by atoms with van der Waals surface area (Å²) in [5, 5.41) is 55.1. The summed E-state index contributed by atoms with van der Waals surface area (Å²) in [5.41, 5.74) is 11.2. The van der Waals surface area contributed by atoms with Gasteiger partial charge in [0.25, 0.3) is 11.8 Å². The van der Waals surface area contributed by atoms with Crippen molar-refractivity contribution >= 4 is 47.0 Å². The van der Waals surface area contributed by atoms with Gasteiger partial charge in [-0.1, -0.05) is 78.7 Å². The van der Waals surface area contributed by atoms with E-state index in [1.165, 1.54) is 12.4 Å². The number of likely N-dealkylation sites (tertiary alicyclic amines) is 2. The molecular formula is C78H84Cl2N6O18. The number of carboxylic acid groups (broad SMARTS) is 1. The Kier molecular flexibility index (Phi) is 25.8. The highest BCUT2D eigenvalue weighted by Gasteiger charge is 2.30. The lowest BCUT2D eigenvalue weighted by Gasteiger charge is -2.21. The van der Waals surface area contributed by atoms with Crippen LogP contribution in [-0.4, -0.2) is 165 Å². The maximum atomic E-state index is 12.9. The molecule has 2 aromatic heterocycles. The van der Waals surface area contributed by atoms with Crippen LogP contribution in [0.15, 0.2) is 134 Å². The Bertz CT molecular complexity index is 4370. The second-order valence-corrected chi connectivity index (χ2v) is 26.4. The zero-order valence-corrected chi connectivity index (χ0v) is 59.6. The third-order valence-corrected chi connectivity index (χ3v) is 18.8. The standard InChI is InChI=1S/2C39H42ClN3O9/c1-3-48-39(47)33(21-44)42-38(46)28-13-25(17-41-18-28)22-51-35-16-36(32(40)14-29(35)19-43-10-9-30(45)20-43)52-23-27-5-4-6-31(24(27)2)26-7-8-34-37(15-26)50-12-11-49-34;1-3-32(45)37(39(47)48)42-38(46)27-13-24(17-41-18-27)21-51-34-16-35(31(40)14-28(34)19-43-10-9-29(44)20-43)52-22-26-5-4-6-30(23(26)2)25-7-8-33-36(15-25)50-12-11-49-33/h4-8,13-18,30,33,44-45H,3,9-12,19-23H2,1-2H3,(H,42,46);4-8,13-18,29,32,37,44-45H,3,9-12,19-22H2,1-2H3,(H,42,46)(H,47,48)/t30-,33-;29-,32-,37?/m00/s1. The van der Waals surface area contributed by atoms with E-state index in [1.807, 2.05) is 79.7 Å². The number of carboxylic acids is 1. The van der Waals surface area contributed by atoms with E-state index in [9.17, 15) is 44.7 Å². The number of hydrogen-bond donors (Lipinski definition) is 7. The van der Waals surface area contributed by atoms with Crippen molar-refractivity contribution < 1.29 is 87.3 Å². The second-order valence-electron chi connectivity index (χ2n) is 25.6. The first-order valence-electron chi connectivity index (χ1n) is 34.4. The van der Waals surface area contributed by atoms with Gasteiger partial charge in [0.15, 0.2) is 35.1 Å². The zero-order chi connectivity index (χ0) is 73.4. The number of ether oxygens (including phenoxy) is 9. The van der Waals surface area contributed by atoms with Crippen LogP contribution in [0.4, 0.5) is 0 Å². The first kappa shape index (κ1) is 75.4. The summed E-state index contributed by atoms with van der Waals surface area (Å²) in [7, 11) is 0. The molecule has 2 saturated heterocycles. The van der Waals surface area contributed by atoms with E-state index in [0.29, 0.717) is 110 Å². The number of benzene rings is 6. The minimum Gasteiger partial charge on any atom is -0.488 e. The van der Waals surface area contributed by atoms with Gasteiger partial charge in [-0.05, 0) is 133 Å². The van der Waals surface area contributed by atoms with Gasteiger partial charge in [-0.15, -0.1) is 0 Å². The lowest BCUT2D eigenvalue weighted by molar-refractivity contribution is -0.146. The van der Waals surface area contributed by atoms with Gasteiger partial charge in [-0.25, -0.2) is 9.59 Å². The molecule has 6 aromatic carbocycles. The molecule has 548 valence electrons. The van der Waals surface area contributed by atoms with Crippen LogP contribution in [-0.2, 0) is 53.8 Å². The molecule has 0 aliphatic carbocycles. The number of esters is 1. The van der Waals surface area contributed by atoms with Crippen LogP contribution in [0.1, 0.15) is 98.3 Å². The number of fused-ring (bicyclic) bond motifs is 2. The quantitative estimate of drug-likeness (QED) is 0.0224. The molecule has 24 nitrogen and oxygen atoms in total. The normalized spacial score (nSPS) is 16.2. The number of aromatic nitrogens is 2. The van der Waals surface area contributed by atoms with Crippen LogP contribution < -0.4 is 48.5 Å². The van der Waals surface area contributed by atoms with Crippen molar-refractivity contribution in [3.63, 3.8) is 0 Å². The van der Waals surface area contributed by atoms with Crippen molar-refractivity contribution in [2.24, 2.45) is 0 Å². The summed E-state index contributed by atoms with van der Waals surface area (Å²) in [5.74, 6) is 1.47. The van der Waals surface area contributed by atoms with E-state index in [4.69, 9.17) is 65.8 Å². The van der Waals surface area contributed by atoms with Gasteiger partial charge in [0.2, 0.25) is 0 Å². The summed E-state index contributed by atoms with van der Waals surface area (Å²) in [6.07, 6.45) is 5.28. The predicted octanol–water partition coefficient (Wildman–Crippen LogP) is 10.0. The van der Waals surface area contributed by atoms with Gasteiger partial charge in [0, 0.05) is 98.4 Å². The summed E-state index contributed by atoms with van der Waals surface area (Å²) >= 11 is 13.6. The van der Waals surface area contributed by atoms with E-state index in [1.54, 1.807) is 50.5 Å². The average Bonchev–Trinajstić information content (AvgIpc) is 0.942.